The maximum Gasteiger partial charge on any atom is 0.310 e. The van der Waals surface area contributed by atoms with Crippen molar-refractivity contribution in [3.05, 3.63) is 63.7 Å². The molecule has 0 radical (unpaired) electrons. The highest BCUT2D eigenvalue weighted by atomic mass is 16.6. The number of esters is 1. The summed E-state index contributed by atoms with van der Waals surface area (Å²) in [6, 6.07) is 12.5. The van der Waals surface area contributed by atoms with E-state index in [1.54, 1.807) is 31.3 Å². The Hall–Kier alpha value is -3.22. The van der Waals surface area contributed by atoms with E-state index in [1.165, 1.54) is 0 Å². The number of ether oxygens (including phenoxy) is 1. The lowest BCUT2D eigenvalue weighted by atomic mass is 10.1. The van der Waals surface area contributed by atoms with Crippen molar-refractivity contribution in [3.8, 4) is 0 Å². The van der Waals surface area contributed by atoms with Gasteiger partial charge in [-0.3, -0.25) is 19.9 Å². The topological polar surface area (TPSA) is 85.0 Å². The third kappa shape index (κ3) is 7.80. The molecular formula is C25H33N3O4. The first kappa shape index (κ1) is 25.0. The van der Waals surface area contributed by atoms with Gasteiger partial charge in [-0.05, 0) is 48.1 Å². The Morgan fingerprint density at radius 2 is 1.72 bits per heavy atom. The second-order valence-corrected chi connectivity index (χ2v) is 8.60. The fourth-order valence-electron chi connectivity index (χ4n) is 3.41. The van der Waals surface area contributed by atoms with Crippen molar-refractivity contribution in [1.82, 2.24) is 0 Å². The standard InChI is InChI=1S/C25H33N3O4/c1-6-32-25(29)14-20-7-10-22(11-8-20)26-15-21-9-12-23(24(13-21)28(30)31)27(16-18(2)3)17-19(4)5/h7-13,15,18-19H,6,14,16-17H2,1-5H3. The summed E-state index contributed by atoms with van der Waals surface area (Å²) in [4.78, 5) is 29.6. The van der Waals surface area contributed by atoms with Gasteiger partial charge in [-0.25, -0.2) is 0 Å². The van der Waals surface area contributed by atoms with Crippen LogP contribution >= 0.6 is 0 Å². The fourth-order valence-corrected chi connectivity index (χ4v) is 3.41. The molecule has 7 nitrogen and oxygen atoms in total. The molecule has 0 saturated carbocycles. The van der Waals surface area contributed by atoms with E-state index in [4.69, 9.17) is 4.74 Å². The van der Waals surface area contributed by atoms with Gasteiger partial charge in [0.2, 0.25) is 0 Å². The number of nitrogens with zero attached hydrogens (tertiary/aromatic N) is 3. The van der Waals surface area contributed by atoms with Gasteiger partial charge in [0.1, 0.15) is 5.69 Å². The minimum Gasteiger partial charge on any atom is -0.466 e. The second-order valence-electron chi connectivity index (χ2n) is 8.60. The average molecular weight is 440 g/mol. The molecule has 7 heteroatoms. The molecule has 0 aliphatic heterocycles. The normalized spacial score (nSPS) is 11.3. The highest BCUT2D eigenvalue weighted by molar-refractivity contribution is 5.85. The van der Waals surface area contributed by atoms with Crippen molar-refractivity contribution in [3.63, 3.8) is 0 Å². The summed E-state index contributed by atoms with van der Waals surface area (Å²) >= 11 is 0. The Kier molecular flexibility index (Phi) is 9.38. The minimum absolute atomic E-state index is 0.0834. The molecule has 0 unspecified atom stereocenters. The van der Waals surface area contributed by atoms with E-state index in [1.807, 2.05) is 24.3 Å². The smallest absolute Gasteiger partial charge is 0.310 e. The highest BCUT2D eigenvalue weighted by Crippen LogP contribution is 2.30. The van der Waals surface area contributed by atoms with Crippen LogP contribution in [0.15, 0.2) is 47.5 Å². The summed E-state index contributed by atoms with van der Waals surface area (Å²) in [6.45, 7) is 12.1. The van der Waals surface area contributed by atoms with Gasteiger partial charge in [0.25, 0.3) is 5.69 Å². The Morgan fingerprint density at radius 3 is 2.25 bits per heavy atom. The number of benzene rings is 2. The number of anilines is 1. The van der Waals surface area contributed by atoms with Crippen LogP contribution in [0.3, 0.4) is 0 Å². The number of hydrogen-bond acceptors (Lipinski definition) is 6. The first-order valence-corrected chi connectivity index (χ1v) is 11.0. The van der Waals surface area contributed by atoms with Gasteiger partial charge in [0.15, 0.2) is 0 Å². The van der Waals surface area contributed by atoms with E-state index in [0.29, 0.717) is 35.4 Å². The Balaban J connectivity index is 2.22. The van der Waals surface area contributed by atoms with Crippen LogP contribution in [-0.2, 0) is 16.0 Å². The maximum absolute atomic E-state index is 11.8. The summed E-state index contributed by atoms with van der Waals surface area (Å²) in [5, 5.41) is 11.8. The van der Waals surface area contributed by atoms with Gasteiger partial charge < -0.3 is 9.64 Å². The quantitative estimate of drug-likeness (QED) is 0.198. The number of aliphatic imine (C=N–C) groups is 1. The number of nitro benzene ring substituents is 1. The molecular weight excluding hydrogens is 406 g/mol. The van der Waals surface area contributed by atoms with E-state index < -0.39 is 0 Å². The lowest BCUT2D eigenvalue weighted by molar-refractivity contribution is -0.384. The van der Waals surface area contributed by atoms with Crippen molar-refractivity contribution in [2.45, 2.75) is 41.0 Å². The molecule has 2 aromatic carbocycles. The largest absolute Gasteiger partial charge is 0.466 e. The predicted molar refractivity (Wildman–Crippen MR) is 129 cm³/mol. The van der Waals surface area contributed by atoms with Crippen molar-refractivity contribution in [2.75, 3.05) is 24.6 Å². The highest BCUT2D eigenvalue weighted by Gasteiger charge is 2.21. The van der Waals surface area contributed by atoms with Crippen LogP contribution in [0.1, 0.15) is 45.7 Å². The van der Waals surface area contributed by atoms with E-state index in [9.17, 15) is 14.9 Å². The van der Waals surface area contributed by atoms with Crippen molar-refractivity contribution >= 4 is 29.2 Å². The SMILES string of the molecule is CCOC(=O)Cc1ccc(N=Cc2ccc(N(CC(C)C)CC(C)C)c([N+](=O)[O-])c2)cc1. The number of nitro groups is 1. The summed E-state index contributed by atoms with van der Waals surface area (Å²) in [6.07, 6.45) is 1.83. The fraction of sp³-hybridized carbons (Fsp3) is 0.440. The number of rotatable bonds is 11. The van der Waals surface area contributed by atoms with Crippen molar-refractivity contribution in [2.24, 2.45) is 16.8 Å². The summed E-state index contributed by atoms with van der Waals surface area (Å²) in [7, 11) is 0. The van der Waals surface area contributed by atoms with E-state index >= 15 is 0 Å². The Labute approximate surface area is 190 Å². The van der Waals surface area contributed by atoms with E-state index in [2.05, 4.69) is 37.6 Å². The molecule has 0 saturated heterocycles. The molecule has 0 aromatic heterocycles. The zero-order chi connectivity index (χ0) is 23.7. The Morgan fingerprint density at radius 1 is 1.09 bits per heavy atom. The molecule has 0 atom stereocenters. The van der Waals surface area contributed by atoms with Gasteiger partial charge in [-0.2, -0.15) is 0 Å². The number of carbonyl (C=O) groups excluding carboxylic acids is 1. The molecule has 0 heterocycles. The van der Waals surface area contributed by atoms with E-state index in [0.717, 1.165) is 18.7 Å². The van der Waals surface area contributed by atoms with Crippen LogP contribution < -0.4 is 4.90 Å². The first-order valence-electron chi connectivity index (χ1n) is 11.0. The third-order valence-electron chi connectivity index (χ3n) is 4.66. The number of hydrogen-bond donors (Lipinski definition) is 0. The molecule has 172 valence electrons. The molecule has 32 heavy (non-hydrogen) atoms. The van der Waals surface area contributed by atoms with Crippen LogP contribution in [-0.4, -0.2) is 36.8 Å². The molecule has 0 bridgehead atoms. The summed E-state index contributed by atoms with van der Waals surface area (Å²) in [5.74, 6) is 0.517. The molecule has 2 rings (SSSR count). The molecule has 0 fully saturated rings. The minimum atomic E-state index is -0.329. The van der Waals surface area contributed by atoms with Crippen LogP contribution in [0.25, 0.3) is 0 Å². The Bertz CT molecular complexity index is 927. The van der Waals surface area contributed by atoms with Gasteiger partial charge in [0.05, 0.1) is 23.6 Å². The summed E-state index contributed by atoms with van der Waals surface area (Å²) < 4.78 is 4.95. The monoisotopic (exact) mass is 439 g/mol. The van der Waals surface area contributed by atoms with Crippen LogP contribution in [0.2, 0.25) is 0 Å². The number of carbonyl (C=O) groups is 1. The maximum atomic E-state index is 11.8. The van der Waals surface area contributed by atoms with Crippen LogP contribution in [0.5, 0.6) is 0 Å². The molecule has 2 aromatic rings. The molecule has 0 N–H and O–H groups in total. The lowest BCUT2D eigenvalue weighted by Gasteiger charge is -2.28. The predicted octanol–water partition coefficient (Wildman–Crippen LogP) is 5.57. The van der Waals surface area contributed by atoms with Crippen molar-refractivity contribution < 1.29 is 14.5 Å². The molecule has 0 spiro atoms. The second kappa shape index (κ2) is 12.0. The molecule has 0 amide bonds. The molecule has 0 aliphatic rings. The van der Waals surface area contributed by atoms with Gasteiger partial charge >= 0.3 is 5.97 Å². The zero-order valence-corrected chi connectivity index (χ0v) is 19.6. The third-order valence-corrected chi connectivity index (χ3v) is 4.66. The first-order chi connectivity index (χ1) is 15.2. The zero-order valence-electron chi connectivity index (χ0n) is 19.6. The van der Waals surface area contributed by atoms with Gasteiger partial charge in [0, 0.05) is 25.4 Å². The average Bonchev–Trinajstić information content (AvgIpc) is 2.72. The van der Waals surface area contributed by atoms with Gasteiger partial charge in [-0.1, -0.05) is 45.9 Å². The van der Waals surface area contributed by atoms with E-state index in [-0.39, 0.29) is 23.0 Å². The molecule has 0 aliphatic carbocycles. The van der Waals surface area contributed by atoms with Crippen LogP contribution in [0, 0.1) is 22.0 Å². The van der Waals surface area contributed by atoms with Crippen LogP contribution in [0.4, 0.5) is 17.1 Å². The van der Waals surface area contributed by atoms with Crippen molar-refractivity contribution in [1.29, 1.82) is 0 Å². The summed E-state index contributed by atoms with van der Waals surface area (Å²) in [5.41, 5.74) is 2.92. The lowest BCUT2D eigenvalue weighted by Crippen LogP contribution is -2.31. The van der Waals surface area contributed by atoms with Gasteiger partial charge in [-0.15, -0.1) is 0 Å².